The van der Waals surface area contributed by atoms with E-state index in [0.29, 0.717) is 16.6 Å². The first-order chi connectivity index (χ1) is 8.55. The second kappa shape index (κ2) is 5.79. The van der Waals surface area contributed by atoms with Crippen molar-refractivity contribution in [2.75, 3.05) is 19.6 Å². The molecular formula is C14H20Cl2N2. The van der Waals surface area contributed by atoms with Crippen LogP contribution in [0.25, 0.3) is 0 Å². The Bertz CT molecular complexity index is 416. The number of halogens is 2. The van der Waals surface area contributed by atoms with Crippen molar-refractivity contribution in [3.05, 3.63) is 33.8 Å². The second-order valence-corrected chi connectivity index (χ2v) is 6.13. The fourth-order valence-corrected chi connectivity index (χ4v) is 2.98. The summed E-state index contributed by atoms with van der Waals surface area (Å²) < 4.78 is 0. The molecule has 18 heavy (non-hydrogen) atoms. The van der Waals surface area contributed by atoms with E-state index in [4.69, 9.17) is 28.9 Å². The van der Waals surface area contributed by atoms with Crippen molar-refractivity contribution in [2.45, 2.75) is 31.7 Å². The Morgan fingerprint density at radius 3 is 2.44 bits per heavy atom. The molecule has 1 aliphatic heterocycles. The maximum Gasteiger partial charge on any atom is 0.0595 e. The fraction of sp³-hybridized carbons (Fsp3) is 0.571. The molecule has 0 saturated carbocycles. The van der Waals surface area contributed by atoms with Gasteiger partial charge in [0, 0.05) is 12.1 Å². The topological polar surface area (TPSA) is 29.3 Å². The number of nitrogens with two attached hydrogens (primary N) is 1. The molecule has 1 fully saturated rings. The normalized spacial score (nSPS) is 20.0. The van der Waals surface area contributed by atoms with E-state index in [1.165, 1.54) is 18.4 Å². The molecule has 1 unspecified atom stereocenters. The molecule has 0 aliphatic carbocycles. The van der Waals surface area contributed by atoms with Crippen LogP contribution in [0.1, 0.15) is 25.3 Å². The maximum absolute atomic E-state index is 6.07. The van der Waals surface area contributed by atoms with E-state index in [9.17, 15) is 0 Å². The minimum absolute atomic E-state index is 0.0215. The Kier molecular flexibility index (Phi) is 4.54. The molecule has 1 aliphatic rings. The summed E-state index contributed by atoms with van der Waals surface area (Å²) >= 11 is 12.0. The van der Waals surface area contributed by atoms with Crippen molar-refractivity contribution in [1.82, 2.24) is 4.90 Å². The number of benzene rings is 1. The second-order valence-electron chi connectivity index (χ2n) is 5.32. The summed E-state index contributed by atoms with van der Waals surface area (Å²) in [6.07, 6.45) is 3.47. The largest absolute Gasteiger partial charge is 0.329 e. The zero-order valence-electron chi connectivity index (χ0n) is 10.8. The summed E-state index contributed by atoms with van der Waals surface area (Å²) in [6, 6.07) is 5.85. The molecule has 1 aromatic rings. The first kappa shape index (κ1) is 14.1. The molecule has 2 nitrogen and oxygen atoms in total. The zero-order valence-corrected chi connectivity index (χ0v) is 12.3. The first-order valence-electron chi connectivity index (χ1n) is 6.44. The number of nitrogens with zero attached hydrogens (tertiary/aromatic N) is 1. The molecular weight excluding hydrogens is 267 g/mol. The molecule has 0 bridgehead atoms. The SMILES string of the molecule is CC(CN)(Cc1ccc(Cl)c(Cl)c1)N1CCCC1. The predicted molar refractivity (Wildman–Crippen MR) is 78.4 cm³/mol. The number of hydrogen-bond donors (Lipinski definition) is 1. The van der Waals surface area contributed by atoms with Crippen molar-refractivity contribution >= 4 is 23.2 Å². The lowest BCUT2D eigenvalue weighted by Crippen LogP contribution is -2.51. The Balaban J connectivity index is 2.15. The number of hydrogen-bond acceptors (Lipinski definition) is 2. The van der Waals surface area contributed by atoms with Gasteiger partial charge in [0.05, 0.1) is 10.0 Å². The van der Waals surface area contributed by atoms with Gasteiger partial charge in [0.2, 0.25) is 0 Å². The summed E-state index contributed by atoms with van der Waals surface area (Å²) in [7, 11) is 0. The zero-order chi connectivity index (χ0) is 13.2. The van der Waals surface area contributed by atoms with E-state index >= 15 is 0 Å². The van der Waals surface area contributed by atoms with Gasteiger partial charge in [-0.15, -0.1) is 0 Å². The average Bonchev–Trinajstić information content (AvgIpc) is 2.88. The minimum atomic E-state index is 0.0215. The van der Waals surface area contributed by atoms with Gasteiger partial charge < -0.3 is 5.73 Å². The highest BCUT2D eigenvalue weighted by Gasteiger charge is 2.32. The van der Waals surface area contributed by atoms with Gasteiger partial charge in [0.1, 0.15) is 0 Å². The minimum Gasteiger partial charge on any atom is -0.329 e. The van der Waals surface area contributed by atoms with E-state index < -0.39 is 0 Å². The van der Waals surface area contributed by atoms with Gasteiger partial charge in [0.25, 0.3) is 0 Å². The van der Waals surface area contributed by atoms with E-state index in [1.807, 2.05) is 18.2 Å². The lowest BCUT2D eigenvalue weighted by molar-refractivity contribution is 0.143. The van der Waals surface area contributed by atoms with Crippen LogP contribution < -0.4 is 5.73 Å². The molecule has 1 heterocycles. The van der Waals surface area contributed by atoms with Gasteiger partial charge in [0.15, 0.2) is 0 Å². The highest BCUT2D eigenvalue weighted by molar-refractivity contribution is 6.42. The van der Waals surface area contributed by atoms with Crippen LogP contribution in [-0.4, -0.2) is 30.1 Å². The summed E-state index contributed by atoms with van der Waals surface area (Å²) in [5, 5.41) is 1.23. The maximum atomic E-state index is 6.07. The third-order valence-corrected chi connectivity index (χ3v) is 4.62. The highest BCUT2D eigenvalue weighted by atomic mass is 35.5. The van der Waals surface area contributed by atoms with Gasteiger partial charge in [-0.05, 0) is 57.0 Å². The highest BCUT2D eigenvalue weighted by Crippen LogP contribution is 2.28. The van der Waals surface area contributed by atoms with E-state index in [1.54, 1.807) is 0 Å². The van der Waals surface area contributed by atoms with Crippen LogP contribution in [0, 0.1) is 0 Å². The van der Waals surface area contributed by atoms with Crippen LogP contribution in [0.2, 0.25) is 10.0 Å². The van der Waals surface area contributed by atoms with Crippen LogP contribution in [0.15, 0.2) is 18.2 Å². The van der Waals surface area contributed by atoms with E-state index in [0.717, 1.165) is 19.5 Å². The summed E-state index contributed by atoms with van der Waals surface area (Å²) in [5.74, 6) is 0. The Hall–Kier alpha value is -0.280. The molecule has 1 atom stereocenters. The average molecular weight is 287 g/mol. The number of rotatable bonds is 4. The standard InChI is InChI=1S/C14H20Cl2N2/c1-14(10-17,18-6-2-3-7-18)9-11-4-5-12(15)13(16)8-11/h4-5,8H,2-3,6-7,9-10,17H2,1H3. The van der Waals surface area contributed by atoms with Crippen molar-refractivity contribution < 1.29 is 0 Å². The van der Waals surface area contributed by atoms with Crippen molar-refractivity contribution in [3.8, 4) is 0 Å². The lowest BCUT2D eigenvalue weighted by Gasteiger charge is -2.38. The lowest BCUT2D eigenvalue weighted by atomic mass is 9.91. The van der Waals surface area contributed by atoms with Crippen LogP contribution in [0.3, 0.4) is 0 Å². The molecule has 1 saturated heterocycles. The summed E-state index contributed by atoms with van der Waals surface area (Å²) in [4.78, 5) is 2.50. The molecule has 2 rings (SSSR count). The molecule has 0 aromatic heterocycles. The quantitative estimate of drug-likeness (QED) is 0.920. The van der Waals surface area contributed by atoms with Gasteiger partial charge >= 0.3 is 0 Å². The van der Waals surface area contributed by atoms with Crippen molar-refractivity contribution in [1.29, 1.82) is 0 Å². The van der Waals surface area contributed by atoms with Crippen LogP contribution in [-0.2, 0) is 6.42 Å². The first-order valence-corrected chi connectivity index (χ1v) is 7.20. The molecule has 0 amide bonds. The molecule has 2 N–H and O–H groups in total. The van der Waals surface area contributed by atoms with Gasteiger partial charge in [-0.2, -0.15) is 0 Å². The van der Waals surface area contributed by atoms with E-state index in [-0.39, 0.29) is 5.54 Å². The Morgan fingerprint density at radius 2 is 1.89 bits per heavy atom. The monoisotopic (exact) mass is 286 g/mol. The predicted octanol–water partition coefficient (Wildman–Crippen LogP) is 3.35. The molecule has 100 valence electrons. The smallest absolute Gasteiger partial charge is 0.0595 e. The van der Waals surface area contributed by atoms with Crippen molar-refractivity contribution in [3.63, 3.8) is 0 Å². The molecule has 4 heteroatoms. The van der Waals surface area contributed by atoms with Crippen LogP contribution >= 0.6 is 23.2 Å². The van der Waals surface area contributed by atoms with E-state index in [2.05, 4.69) is 11.8 Å². The summed E-state index contributed by atoms with van der Waals surface area (Å²) in [5.41, 5.74) is 7.22. The number of likely N-dealkylation sites (tertiary alicyclic amines) is 1. The third-order valence-electron chi connectivity index (χ3n) is 3.88. The van der Waals surface area contributed by atoms with Gasteiger partial charge in [-0.3, -0.25) is 4.90 Å². The summed E-state index contributed by atoms with van der Waals surface area (Å²) in [6.45, 7) is 5.19. The third kappa shape index (κ3) is 3.00. The van der Waals surface area contributed by atoms with Crippen LogP contribution in [0.4, 0.5) is 0 Å². The molecule has 1 aromatic carbocycles. The fourth-order valence-electron chi connectivity index (χ4n) is 2.66. The van der Waals surface area contributed by atoms with Crippen LogP contribution in [0.5, 0.6) is 0 Å². The molecule has 0 spiro atoms. The Labute approximate surface area is 119 Å². The Morgan fingerprint density at radius 1 is 1.22 bits per heavy atom. The van der Waals surface area contributed by atoms with Crippen molar-refractivity contribution in [2.24, 2.45) is 5.73 Å². The van der Waals surface area contributed by atoms with Gasteiger partial charge in [-0.25, -0.2) is 0 Å². The molecule has 0 radical (unpaired) electrons. The van der Waals surface area contributed by atoms with Gasteiger partial charge in [-0.1, -0.05) is 29.3 Å².